The normalized spacial score (nSPS) is 22.0. The highest BCUT2D eigenvalue weighted by Crippen LogP contribution is 2.55. The molecule has 43 heavy (non-hydrogen) atoms. The summed E-state index contributed by atoms with van der Waals surface area (Å²) in [4.78, 5) is 29.1. The van der Waals surface area contributed by atoms with E-state index in [0.717, 1.165) is 0 Å². The van der Waals surface area contributed by atoms with Crippen LogP contribution in [0, 0.1) is 6.92 Å². The van der Waals surface area contributed by atoms with Crippen LogP contribution in [0.3, 0.4) is 0 Å². The quantitative estimate of drug-likeness (QED) is 0.372. The van der Waals surface area contributed by atoms with Crippen molar-refractivity contribution >= 4 is 39.2 Å². The van der Waals surface area contributed by atoms with Crippen LogP contribution in [0.15, 0.2) is 59.5 Å². The highest BCUT2D eigenvalue weighted by molar-refractivity contribution is 7.93. The Hall–Kier alpha value is -3.84. The number of carboxylic acids is 1. The summed E-state index contributed by atoms with van der Waals surface area (Å²) in [5.74, 6) is -1.56. The van der Waals surface area contributed by atoms with Crippen LogP contribution in [0.25, 0.3) is 0 Å². The van der Waals surface area contributed by atoms with E-state index >= 15 is 4.79 Å². The molecule has 1 saturated heterocycles. The molecule has 3 aromatic rings. The lowest BCUT2D eigenvalue weighted by molar-refractivity contribution is -0.145. The van der Waals surface area contributed by atoms with Crippen LogP contribution in [0.4, 0.5) is 5.69 Å². The standard InChI is InChI=1S/C30H31ClN2O9S/c1-17-12-23-21(15-22(17)31)30(20-8-6-7-9-25(20)41-4,32-16-19(40-3)13-24(32)28(34)35)29(36)33(23)43(37,38)27-11-10-18(39-2)14-26(27)42-5/h6-12,14-15,19,24H,13,16H2,1-5H3,(H,34,35)/t19-,24+,30?/m1/s1. The number of hydrogen-bond acceptors (Lipinski definition) is 9. The van der Waals surface area contributed by atoms with Crippen molar-refractivity contribution in [3.63, 3.8) is 0 Å². The summed E-state index contributed by atoms with van der Waals surface area (Å²) in [5.41, 5.74) is -0.997. The molecule has 0 spiro atoms. The van der Waals surface area contributed by atoms with Gasteiger partial charge in [0, 0.05) is 42.3 Å². The van der Waals surface area contributed by atoms with Gasteiger partial charge in [0.1, 0.15) is 28.2 Å². The first-order chi connectivity index (χ1) is 20.5. The predicted molar refractivity (Wildman–Crippen MR) is 158 cm³/mol. The van der Waals surface area contributed by atoms with Gasteiger partial charge in [-0.2, -0.15) is 0 Å². The second-order valence-electron chi connectivity index (χ2n) is 10.2. The summed E-state index contributed by atoms with van der Waals surface area (Å²) in [7, 11) is 0.947. The number of hydrogen-bond donors (Lipinski definition) is 1. The third-order valence-corrected chi connectivity index (χ3v) is 10.2. The maximum atomic E-state index is 15.2. The minimum atomic E-state index is -4.67. The topological polar surface area (TPSA) is 132 Å². The summed E-state index contributed by atoms with van der Waals surface area (Å²) in [6, 6.07) is 12.6. The molecule has 3 aromatic carbocycles. The fourth-order valence-corrected chi connectivity index (χ4v) is 7.79. The molecular weight excluding hydrogens is 600 g/mol. The zero-order valence-electron chi connectivity index (χ0n) is 24.2. The van der Waals surface area contributed by atoms with Gasteiger partial charge in [-0.25, -0.2) is 12.7 Å². The summed E-state index contributed by atoms with van der Waals surface area (Å²) < 4.78 is 51.7. The van der Waals surface area contributed by atoms with E-state index in [9.17, 15) is 18.3 Å². The second-order valence-corrected chi connectivity index (χ2v) is 12.4. The summed E-state index contributed by atoms with van der Waals surface area (Å²) in [6.45, 7) is 1.69. The van der Waals surface area contributed by atoms with Gasteiger partial charge in [-0.15, -0.1) is 0 Å². The van der Waals surface area contributed by atoms with Crippen LogP contribution in [0.5, 0.6) is 17.2 Å². The Morgan fingerprint density at radius 2 is 1.67 bits per heavy atom. The zero-order valence-corrected chi connectivity index (χ0v) is 25.7. The Bertz CT molecular complexity index is 1710. The first kappa shape index (κ1) is 30.6. The number of carbonyl (C=O) groups is 2. The van der Waals surface area contributed by atoms with E-state index in [1.165, 1.54) is 63.7 Å². The van der Waals surface area contributed by atoms with E-state index in [1.807, 2.05) is 0 Å². The van der Waals surface area contributed by atoms with E-state index in [-0.39, 0.29) is 51.2 Å². The van der Waals surface area contributed by atoms with Crippen molar-refractivity contribution in [3.05, 3.63) is 76.3 Å². The number of carboxylic acid groups (broad SMARTS) is 1. The molecule has 1 N–H and O–H groups in total. The first-order valence-electron chi connectivity index (χ1n) is 13.3. The fourth-order valence-electron chi connectivity index (χ4n) is 6.03. The van der Waals surface area contributed by atoms with E-state index in [1.54, 1.807) is 31.2 Å². The monoisotopic (exact) mass is 630 g/mol. The lowest BCUT2D eigenvalue weighted by atomic mass is 9.80. The molecule has 0 saturated carbocycles. The molecule has 11 nitrogen and oxygen atoms in total. The van der Waals surface area contributed by atoms with E-state index in [4.69, 9.17) is 30.5 Å². The van der Waals surface area contributed by atoms with Crippen molar-refractivity contribution in [1.82, 2.24) is 4.90 Å². The molecule has 2 aliphatic heterocycles. The number of likely N-dealkylation sites (tertiary alicyclic amines) is 1. The molecule has 3 atom stereocenters. The molecule has 1 amide bonds. The maximum Gasteiger partial charge on any atom is 0.321 e. The van der Waals surface area contributed by atoms with Crippen molar-refractivity contribution in [1.29, 1.82) is 0 Å². The molecule has 13 heteroatoms. The van der Waals surface area contributed by atoms with Gasteiger partial charge in [-0.3, -0.25) is 14.5 Å². The zero-order chi connectivity index (χ0) is 31.3. The molecule has 0 radical (unpaired) electrons. The van der Waals surface area contributed by atoms with Crippen LogP contribution in [0.2, 0.25) is 5.02 Å². The number of para-hydroxylation sites is 1. The minimum Gasteiger partial charge on any atom is -0.497 e. The van der Waals surface area contributed by atoms with Gasteiger partial charge in [-0.05, 0) is 42.8 Å². The van der Waals surface area contributed by atoms with Gasteiger partial charge in [0.25, 0.3) is 15.9 Å². The number of nitrogens with zero attached hydrogens (tertiary/aromatic N) is 2. The predicted octanol–water partition coefficient (Wildman–Crippen LogP) is 3.83. The van der Waals surface area contributed by atoms with Gasteiger partial charge in [0.15, 0.2) is 5.54 Å². The number of halogens is 1. The van der Waals surface area contributed by atoms with Gasteiger partial charge in [0.05, 0.1) is 33.1 Å². The number of aryl methyl sites for hydroxylation is 1. The highest BCUT2D eigenvalue weighted by Gasteiger charge is 2.64. The van der Waals surface area contributed by atoms with Crippen molar-refractivity contribution in [3.8, 4) is 17.2 Å². The Morgan fingerprint density at radius 1 is 0.977 bits per heavy atom. The SMILES string of the molecule is COc1ccc(S(=O)(=O)N2C(=O)C(c3ccccc3OC)(N3C[C@H](OC)C[C@H]3C(=O)O)c3cc(Cl)c(C)cc32)c(OC)c1. The minimum absolute atomic E-state index is 0.00192. The molecule has 0 aliphatic carbocycles. The lowest BCUT2D eigenvalue weighted by Crippen LogP contribution is -2.58. The lowest BCUT2D eigenvalue weighted by Gasteiger charge is -2.40. The van der Waals surface area contributed by atoms with Crippen LogP contribution in [-0.2, 0) is 29.9 Å². The molecule has 5 rings (SSSR count). The van der Waals surface area contributed by atoms with Crippen molar-refractivity contribution in [2.24, 2.45) is 0 Å². The van der Waals surface area contributed by atoms with E-state index in [2.05, 4.69) is 0 Å². The maximum absolute atomic E-state index is 15.2. The number of amides is 1. The third-order valence-electron chi connectivity index (χ3n) is 8.08. The highest BCUT2D eigenvalue weighted by atomic mass is 35.5. The molecule has 2 aliphatic rings. The largest absolute Gasteiger partial charge is 0.497 e. The Balaban J connectivity index is 1.89. The Labute approximate surface area is 254 Å². The van der Waals surface area contributed by atoms with Crippen molar-refractivity contribution in [2.45, 2.75) is 35.9 Å². The number of aliphatic carboxylic acids is 1. The first-order valence-corrected chi connectivity index (χ1v) is 15.1. The average Bonchev–Trinajstić information content (AvgIpc) is 3.54. The number of sulfonamides is 1. The van der Waals surface area contributed by atoms with Crippen LogP contribution >= 0.6 is 11.6 Å². The fraction of sp³-hybridized carbons (Fsp3) is 0.333. The molecule has 1 fully saturated rings. The number of rotatable bonds is 9. The number of carbonyl (C=O) groups excluding carboxylic acids is 1. The molecule has 228 valence electrons. The number of anilines is 1. The van der Waals surface area contributed by atoms with Gasteiger partial charge >= 0.3 is 5.97 Å². The van der Waals surface area contributed by atoms with Crippen LogP contribution < -0.4 is 18.5 Å². The number of benzene rings is 3. The summed E-state index contributed by atoms with van der Waals surface area (Å²) >= 11 is 6.65. The van der Waals surface area contributed by atoms with Crippen molar-refractivity contribution in [2.75, 3.05) is 39.3 Å². The molecule has 0 aromatic heterocycles. The van der Waals surface area contributed by atoms with Crippen LogP contribution in [0.1, 0.15) is 23.1 Å². The molecule has 1 unspecified atom stereocenters. The second kappa shape index (κ2) is 11.3. The van der Waals surface area contributed by atoms with Gasteiger partial charge < -0.3 is 24.1 Å². The van der Waals surface area contributed by atoms with E-state index in [0.29, 0.717) is 15.6 Å². The van der Waals surface area contributed by atoms with Crippen molar-refractivity contribution < 1.29 is 42.1 Å². The Morgan fingerprint density at radius 3 is 2.30 bits per heavy atom. The third kappa shape index (κ3) is 4.60. The molecule has 0 bridgehead atoms. The average molecular weight is 631 g/mol. The molecular formula is C30H31ClN2O9S. The van der Waals surface area contributed by atoms with E-state index < -0.39 is 39.6 Å². The molecule has 2 heterocycles. The smallest absolute Gasteiger partial charge is 0.321 e. The Kier molecular flexibility index (Phi) is 8.07. The summed E-state index contributed by atoms with van der Waals surface area (Å²) in [6.07, 6.45) is -0.499. The van der Waals surface area contributed by atoms with Gasteiger partial charge in [-0.1, -0.05) is 29.8 Å². The van der Waals surface area contributed by atoms with Gasteiger partial charge in [0.2, 0.25) is 0 Å². The number of ether oxygens (including phenoxy) is 4. The van der Waals surface area contributed by atoms with Crippen LogP contribution in [-0.4, -0.2) is 77.4 Å². The summed E-state index contributed by atoms with van der Waals surface area (Å²) in [5, 5.41) is 10.6. The number of methoxy groups -OCH3 is 4. The number of fused-ring (bicyclic) bond motifs is 1.